The lowest BCUT2D eigenvalue weighted by molar-refractivity contribution is 0.482. The van der Waals surface area contributed by atoms with Gasteiger partial charge in [0.05, 0.1) is 5.69 Å². The van der Waals surface area contributed by atoms with Gasteiger partial charge in [-0.1, -0.05) is 26.7 Å². The fourth-order valence-electron chi connectivity index (χ4n) is 1.86. The number of nitrogens with zero attached hydrogens (tertiary/aromatic N) is 3. The molecular weight excluding hydrogens is 212 g/mol. The topological polar surface area (TPSA) is 55.0 Å². The molecule has 0 amide bonds. The molecular formula is C13H24N4. The first-order valence-electron chi connectivity index (χ1n) is 6.51. The molecule has 0 radical (unpaired) electrons. The standard InChI is InChI=1S/C13H24N4/c1-4-11(5-2)10-17(6-3)13-15-8-7-12(9-14)16-13/h7-8,11H,4-6,9-10,14H2,1-3H3. The van der Waals surface area contributed by atoms with Crippen molar-refractivity contribution >= 4 is 5.95 Å². The Labute approximate surface area is 104 Å². The van der Waals surface area contributed by atoms with Gasteiger partial charge >= 0.3 is 0 Å². The molecule has 1 aromatic rings. The Bertz CT molecular complexity index is 323. The highest BCUT2D eigenvalue weighted by Gasteiger charge is 2.12. The van der Waals surface area contributed by atoms with Crippen molar-refractivity contribution < 1.29 is 0 Å². The molecule has 0 aliphatic heterocycles. The maximum atomic E-state index is 5.61. The molecule has 17 heavy (non-hydrogen) atoms. The zero-order valence-electron chi connectivity index (χ0n) is 11.2. The van der Waals surface area contributed by atoms with Crippen LogP contribution in [0.3, 0.4) is 0 Å². The number of nitrogens with two attached hydrogens (primary N) is 1. The SMILES string of the molecule is CCC(CC)CN(CC)c1nccc(CN)n1. The van der Waals surface area contributed by atoms with Crippen molar-refractivity contribution in [1.29, 1.82) is 0 Å². The Hall–Kier alpha value is -1.16. The first kappa shape index (κ1) is 13.9. The van der Waals surface area contributed by atoms with E-state index in [0.717, 1.165) is 24.7 Å². The second-order valence-electron chi connectivity index (χ2n) is 4.27. The molecule has 1 aromatic heterocycles. The van der Waals surface area contributed by atoms with E-state index < -0.39 is 0 Å². The van der Waals surface area contributed by atoms with E-state index >= 15 is 0 Å². The van der Waals surface area contributed by atoms with Crippen molar-refractivity contribution in [3.8, 4) is 0 Å². The summed E-state index contributed by atoms with van der Waals surface area (Å²) in [6.07, 6.45) is 4.19. The molecule has 4 heteroatoms. The van der Waals surface area contributed by atoms with E-state index in [1.165, 1.54) is 12.8 Å². The molecule has 0 aromatic carbocycles. The van der Waals surface area contributed by atoms with Crippen LogP contribution in [0.1, 0.15) is 39.3 Å². The molecule has 96 valence electrons. The molecule has 0 fully saturated rings. The van der Waals surface area contributed by atoms with Crippen molar-refractivity contribution in [3.05, 3.63) is 18.0 Å². The summed E-state index contributed by atoms with van der Waals surface area (Å²) < 4.78 is 0. The van der Waals surface area contributed by atoms with Gasteiger partial charge in [0.1, 0.15) is 0 Å². The van der Waals surface area contributed by atoms with Crippen molar-refractivity contribution in [3.63, 3.8) is 0 Å². The zero-order valence-corrected chi connectivity index (χ0v) is 11.2. The van der Waals surface area contributed by atoms with E-state index in [4.69, 9.17) is 5.73 Å². The minimum Gasteiger partial charge on any atom is -0.341 e. The number of anilines is 1. The van der Waals surface area contributed by atoms with Crippen molar-refractivity contribution in [2.45, 2.75) is 40.2 Å². The first-order valence-corrected chi connectivity index (χ1v) is 6.51. The molecule has 0 unspecified atom stereocenters. The average molecular weight is 236 g/mol. The molecule has 1 heterocycles. The molecule has 2 N–H and O–H groups in total. The van der Waals surface area contributed by atoms with Gasteiger partial charge in [-0.05, 0) is 18.9 Å². The van der Waals surface area contributed by atoms with Crippen molar-refractivity contribution in [2.24, 2.45) is 11.7 Å². The van der Waals surface area contributed by atoms with Gasteiger partial charge in [0.15, 0.2) is 0 Å². The summed E-state index contributed by atoms with van der Waals surface area (Å²) in [6, 6.07) is 1.87. The van der Waals surface area contributed by atoms with Gasteiger partial charge in [0.25, 0.3) is 0 Å². The van der Waals surface area contributed by atoms with Crippen LogP contribution in [-0.2, 0) is 6.54 Å². The predicted octanol–water partition coefficient (Wildman–Crippen LogP) is 2.20. The maximum Gasteiger partial charge on any atom is 0.225 e. The minimum absolute atomic E-state index is 0.470. The number of hydrogen-bond acceptors (Lipinski definition) is 4. The number of rotatable bonds is 7. The lowest BCUT2D eigenvalue weighted by Gasteiger charge is -2.25. The number of hydrogen-bond donors (Lipinski definition) is 1. The second kappa shape index (κ2) is 7.22. The van der Waals surface area contributed by atoms with Crippen LogP contribution in [0, 0.1) is 5.92 Å². The fourth-order valence-corrected chi connectivity index (χ4v) is 1.86. The highest BCUT2D eigenvalue weighted by molar-refractivity contribution is 5.30. The maximum absolute atomic E-state index is 5.61. The van der Waals surface area contributed by atoms with Crippen LogP contribution in [0.5, 0.6) is 0 Å². The predicted molar refractivity (Wildman–Crippen MR) is 71.9 cm³/mol. The van der Waals surface area contributed by atoms with Crippen LogP contribution in [0.2, 0.25) is 0 Å². The average Bonchev–Trinajstić information content (AvgIpc) is 2.40. The lowest BCUT2D eigenvalue weighted by atomic mass is 10.0. The summed E-state index contributed by atoms with van der Waals surface area (Å²) >= 11 is 0. The van der Waals surface area contributed by atoms with Crippen LogP contribution < -0.4 is 10.6 Å². The largest absolute Gasteiger partial charge is 0.341 e. The van der Waals surface area contributed by atoms with E-state index in [1.807, 2.05) is 6.07 Å². The zero-order chi connectivity index (χ0) is 12.7. The van der Waals surface area contributed by atoms with E-state index in [0.29, 0.717) is 12.5 Å². The van der Waals surface area contributed by atoms with E-state index in [1.54, 1.807) is 6.20 Å². The lowest BCUT2D eigenvalue weighted by Crippen LogP contribution is -2.30. The van der Waals surface area contributed by atoms with E-state index in [2.05, 4.69) is 35.6 Å². The van der Waals surface area contributed by atoms with Crippen LogP contribution in [0.25, 0.3) is 0 Å². The van der Waals surface area contributed by atoms with E-state index in [9.17, 15) is 0 Å². The molecule has 0 spiro atoms. The third-order valence-corrected chi connectivity index (χ3v) is 3.21. The van der Waals surface area contributed by atoms with Gasteiger partial charge in [-0.15, -0.1) is 0 Å². The first-order chi connectivity index (χ1) is 8.24. The highest BCUT2D eigenvalue weighted by Crippen LogP contribution is 2.14. The Morgan fingerprint density at radius 3 is 2.53 bits per heavy atom. The molecule has 0 saturated heterocycles. The molecule has 0 aliphatic rings. The minimum atomic E-state index is 0.470. The summed E-state index contributed by atoms with van der Waals surface area (Å²) in [5.41, 5.74) is 6.51. The Morgan fingerprint density at radius 2 is 2.00 bits per heavy atom. The van der Waals surface area contributed by atoms with Crippen molar-refractivity contribution in [2.75, 3.05) is 18.0 Å². The molecule has 0 aliphatic carbocycles. The van der Waals surface area contributed by atoms with Crippen LogP contribution in [0.15, 0.2) is 12.3 Å². The third kappa shape index (κ3) is 3.97. The summed E-state index contributed by atoms with van der Waals surface area (Å²) in [6.45, 7) is 9.04. The highest BCUT2D eigenvalue weighted by atomic mass is 15.2. The molecule has 4 nitrogen and oxygen atoms in total. The van der Waals surface area contributed by atoms with Gasteiger partial charge in [-0.25, -0.2) is 9.97 Å². The molecule has 0 saturated carbocycles. The monoisotopic (exact) mass is 236 g/mol. The van der Waals surface area contributed by atoms with Crippen molar-refractivity contribution in [1.82, 2.24) is 9.97 Å². The normalized spacial score (nSPS) is 10.9. The molecule has 1 rings (SSSR count). The number of aromatic nitrogens is 2. The summed E-state index contributed by atoms with van der Waals surface area (Å²) in [7, 11) is 0. The van der Waals surface area contributed by atoms with Gasteiger partial charge in [0, 0.05) is 25.8 Å². The Morgan fingerprint density at radius 1 is 1.29 bits per heavy atom. The Kier molecular flexibility index (Phi) is 5.91. The van der Waals surface area contributed by atoms with Gasteiger partial charge in [-0.2, -0.15) is 0 Å². The third-order valence-electron chi connectivity index (χ3n) is 3.21. The van der Waals surface area contributed by atoms with Crippen LogP contribution in [-0.4, -0.2) is 23.1 Å². The second-order valence-corrected chi connectivity index (χ2v) is 4.27. The summed E-state index contributed by atoms with van der Waals surface area (Å²) in [4.78, 5) is 11.0. The quantitative estimate of drug-likeness (QED) is 0.788. The molecule has 0 bridgehead atoms. The van der Waals surface area contributed by atoms with Crippen LogP contribution in [0.4, 0.5) is 5.95 Å². The summed E-state index contributed by atoms with van der Waals surface area (Å²) in [5, 5.41) is 0. The van der Waals surface area contributed by atoms with E-state index in [-0.39, 0.29) is 0 Å². The summed E-state index contributed by atoms with van der Waals surface area (Å²) in [5.74, 6) is 1.52. The Balaban J connectivity index is 2.77. The van der Waals surface area contributed by atoms with Gasteiger partial charge in [0.2, 0.25) is 5.95 Å². The van der Waals surface area contributed by atoms with Gasteiger partial charge < -0.3 is 10.6 Å². The van der Waals surface area contributed by atoms with Gasteiger partial charge in [-0.3, -0.25) is 0 Å². The van der Waals surface area contributed by atoms with Crippen LogP contribution >= 0.6 is 0 Å². The molecule has 0 atom stereocenters. The smallest absolute Gasteiger partial charge is 0.225 e. The fraction of sp³-hybridized carbons (Fsp3) is 0.692.